The maximum Gasteiger partial charge on any atom is 0.226 e. The minimum absolute atomic E-state index is 0.0308. The minimum Gasteiger partial charge on any atom is -0.496 e. The Balaban J connectivity index is 0.797. The van der Waals surface area contributed by atoms with E-state index in [0.29, 0.717) is 6.54 Å². The van der Waals surface area contributed by atoms with Gasteiger partial charge in [0.15, 0.2) is 18.5 Å². The number of nitrogens with zero attached hydrogens (tertiary/aromatic N) is 1. The summed E-state index contributed by atoms with van der Waals surface area (Å²) in [6.45, 7) is 1.53. The van der Waals surface area contributed by atoms with Gasteiger partial charge in [0.1, 0.15) is 85.1 Å². The van der Waals surface area contributed by atoms with Gasteiger partial charge in [-0.1, -0.05) is 30.8 Å². The molecule has 0 radical (unpaired) electrons. The first-order valence-electron chi connectivity index (χ1n) is 37.9. The van der Waals surface area contributed by atoms with Gasteiger partial charge < -0.3 is 160 Å². The van der Waals surface area contributed by atoms with Crippen LogP contribution in [0.3, 0.4) is 0 Å². The molecule has 14 bridgehead atoms. The molecule has 18 fully saturated rings. The number of aliphatic hydroxyl groups excluding tert-OH is 20. The number of methoxy groups -OCH3 is 1. The minimum atomic E-state index is -2.19. The first-order chi connectivity index (χ1) is 52.2. The van der Waals surface area contributed by atoms with Crippen LogP contribution in [0.1, 0.15) is 64.4 Å². The number of hydrogen-bond acceptors (Lipinski definition) is 32. The molecule has 2 aromatic carbocycles. The Labute approximate surface area is 629 Å². The average molecular weight is 1550 g/mol. The largest absolute Gasteiger partial charge is 0.496 e. The van der Waals surface area contributed by atoms with E-state index < -0.39 is 265 Å². The van der Waals surface area contributed by atoms with Crippen molar-refractivity contribution in [2.45, 2.75) is 248 Å². The van der Waals surface area contributed by atoms with Crippen molar-refractivity contribution in [3.8, 4) is 0 Å². The molecule has 1 amide bonds. The van der Waals surface area contributed by atoms with E-state index >= 15 is 0 Å². The van der Waals surface area contributed by atoms with Gasteiger partial charge in [-0.25, -0.2) is 0 Å². The van der Waals surface area contributed by atoms with Crippen molar-refractivity contribution in [1.29, 1.82) is 0 Å². The molecule has 109 heavy (non-hydrogen) atoms. The summed E-state index contributed by atoms with van der Waals surface area (Å²) in [6, 6.07) is 12.3. The highest BCUT2D eigenvalue weighted by atomic mass is 16.7. The smallest absolute Gasteiger partial charge is 0.226 e. The van der Waals surface area contributed by atoms with Gasteiger partial charge in [0.2, 0.25) is 11.6 Å². The van der Waals surface area contributed by atoms with E-state index in [-0.39, 0.29) is 51.3 Å². The number of fused-ring (bicyclic) bond motifs is 4. The van der Waals surface area contributed by atoms with Crippen molar-refractivity contribution in [2.24, 2.45) is 29.6 Å². The SMILES string of the molecule is C=C1CCCC(/C=C/C2=[N+](CCC(=O)NCCCO[C@H]3C4OC5[C@@H](CO)O[C@H](C6[C@@H](CO)O[C@H](C7[C@@H](CO)O[C@H](C8[C@@H](CO)O[C@H](C9[C@@H](CO)O[C@H](C%10[C@@H](CO)O[C@H](CCCO[C@@H]([C@@H]3O)[C@@H](CO)O4)[C@H](O)[C@H]%10O)[C@H](O)[C@H]9O)[C@H](O)[C@H]8O)[C@H](O)[C@H]7O)[C@H](O)[C@H]6O)[C@H](O)[C@H]5O)c3ccc4ccccc4c3C2(C)C)=C1OC. The van der Waals surface area contributed by atoms with Crippen LogP contribution in [0.5, 0.6) is 0 Å². The first-order valence-corrected chi connectivity index (χ1v) is 37.9. The van der Waals surface area contributed by atoms with E-state index in [0.717, 1.165) is 63.9 Å². The van der Waals surface area contributed by atoms with Crippen LogP contribution in [0.25, 0.3) is 10.8 Å². The fourth-order valence-electron chi connectivity index (χ4n) is 18.9. The first kappa shape index (κ1) is 84.1. The maximum absolute atomic E-state index is 14.0. The van der Waals surface area contributed by atoms with E-state index in [1.807, 2.05) is 12.1 Å². The monoisotopic (exact) mass is 1550 g/mol. The molecule has 19 heterocycles. The zero-order chi connectivity index (χ0) is 78.4. The zero-order valence-corrected chi connectivity index (χ0v) is 61.1. The van der Waals surface area contributed by atoms with E-state index in [2.05, 4.69) is 66.7 Å². The van der Waals surface area contributed by atoms with Crippen LogP contribution in [0, 0.1) is 29.6 Å². The Morgan fingerprint density at radius 3 is 1.51 bits per heavy atom. The Bertz CT molecular complexity index is 3480. The summed E-state index contributed by atoms with van der Waals surface area (Å²) >= 11 is 0. The summed E-state index contributed by atoms with van der Waals surface area (Å²) in [5.74, 6) is -7.94. The number of nitrogens with one attached hydrogen (secondary N) is 1. The highest BCUT2D eigenvalue weighted by Crippen LogP contribution is 2.49. The molecule has 612 valence electrons. The predicted molar refractivity (Wildman–Crippen MR) is 375 cm³/mol. The van der Waals surface area contributed by atoms with Crippen LogP contribution in [0.4, 0.5) is 5.69 Å². The Morgan fingerprint density at radius 1 is 0.532 bits per heavy atom. The lowest BCUT2D eigenvalue weighted by atomic mass is 9.69. The number of hydrogen-bond donors (Lipinski definition) is 21. The fourth-order valence-corrected chi connectivity index (χ4v) is 18.9. The lowest BCUT2D eigenvalue weighted by Crippen LogP contribution is -2.73. The molecule has 0 spiro atoms. The van der Waals surface area contributed by atoms with Gasteiger partial charge in [0.25, 0.3) is 0 Å². The number of benzene rings is 2. The lowest BCUT2D eigenvalue weighted by molar-refractivity contribution is -0.436. The van der Waals surface area contributed by atoms with Crippen LogP contribution >= 0.6 is 0 Å². The Hall–Kier alpha value is -4.34. The van der Waals surface area contributed by atoms with E-state index in [1.54, 1.807) is 7.11 Å². The number of ether oxygens (including phenoxy) is 11. The predicted octanol–water partition coefficient (Wildman–Crippen LogP) is -6.69. The number of allylic oxidation sites excluding steroid dienone is 4. The highest BCUT2D eigenvalue weighted by molar-refractivity contribution is 6.07. The van der Waals surface area contributed by atoms with Crippen molar-refractivity contribution in [1.82, 2.24) is 5.32 Å². The van der Waals surface area contributed by atoms with Gasteiger partial charge in [-0.2, -0.15) is 4.58 Å². The topological polar surface area (TPSA) is 538 Å². The molecule has 34 heteroatoms. The Morgan fingerprint density at radius 2 is 1.00 bits per heavy atom. The third-order valence-electron chi connectivity index (χ3n) is 24.5. The van der Waals surface area contributed by atoms with Gasteiger partial charge in [0.05, 0.1) is 163 Å². The van der Waals surface area contributed by atoms with Crippen molar-refractivity contribution >= 4 is 28.1 Å². The standard InChI is InChI=1S/C75H110N2O32/c1-31-10-7-12-33(65(31)99-4)16-18-44-75(2,3)51-34-13-6-5-11-32(34)15-17-35(51)77(44)21-19-45(85)76-20-9-23-101-73-64(98)66-42(29-83)108-74(73)109-67-43(30-84)107-72(63(97)62(67)96)50-41(28-82)106-71(61(95)57(50)91)49-40(27-81)105-70(60(94)56(49)90)48-39(26-80)104-69(59(93)55(48)89)47-38(25-79)103-68(58(92)54(47)88)46-37(24-78)102-36(14-8-22-100-66)52(86)53(46)87/h5-6,11,13,15-18,36-43,46-50,52-64,66-74,78-84,86-98H,1,7-10,12,14,19-30H2,2-4H3/p+1/b18-16+/t36-,37-,38-,39-,40-,41-,42-,43-,46?,47?,48?,49?,50?,52+,53+,54+,55+,56+,57+,58-,59-,60-,61-,62-,63-,64+,66-,67?,68-,69-,70-,71-,72-,73-,74?/m1/s1. The third kappa shape index (κ3) is 16.0. The molecule has 21 N–H and O–H groups in total. The normalized spacial score (nSPS) is 44.3. The summed E-state index contributed by atoms with van der Waals surface area (Å²) in [6.07, 6.45) is -48.7. The molecule has 7 unspecified atom stereocenters. The van der Waals surface area contributed by atoms with Crippen LogP contribution in [-0.2, 0) is 62.3 Å². The maximum atomic E-state index is 14.0. The number of carbonyl (C=O) groups excluding carboxylic acids is 1. The molecule has 0 saturated carbocycles. The Kier molecular flexibility index (Phi) is 27.6. The lowest BCUT2D eigenvalue weighted by Gasteiger charge is -2.56. The van der Waals surface area contributed by atoms with Gasteiger partial charge in [-0.3, -0.25) is 4.79 Å². The molecule has 19 aliphatic heterocycles. The van der Waals surface area contributed by atoms with Crippen LogP contribution in [-0.4, -0.2) is 381 Å². The highest BCUT2D eigenvalue weighted by Gasteiger charge is 2.65. The number of amides is 1. The van der Waals surface area contributed by atoms with Crippen LogP contribution in [0.2, 0.25) is 0 Å². The van der Waals surface area contributed by atoms with Crippen molar-refractivity contribution in [3.05, 3.63) is 77.6 Å². The third-order valence-corrected chi connectivity index (χ3v) is 24.5. The quantitative estimate of drug-likeness (QED) is 0.0487. The van der Waals surface area contributed by atoms with Gasteiger partial charge in [0, 0.05) is 67.1 Å². The number of aliphatic hydroxyl groups is 20. The van der Waals surface area contributed by atoms with Crippen LogP contribution < -0.4 is 5.32 Å². The van der Waals surface area contributed by atoms with E-state index in [4.69, 9.17) is 52.1 Å². The van der Waals surface area contributed by atoms with Gasteiger partial charge in [-0.15, -0.1) is 0 Å². The van der Waals surface area contributed by atoms with Gasteiger partial charge >= 0.3 is 0 Å². The van der Waals surface area contributed by atoms with Crippen LogP contribution in [0.15, 0.2) is 72.0 Å². The molecular formula is C75H111N2O32+. The molecule has 34 nitrogen and oxygen atoms in total. The average Bonchev–Trinajstić information content (AvgIpc) is 1.40. The molecule has 0 aromatic heterocycles. The fraction of sp³-hybridized carbons (Fsp3) is 0.760. The summed E-state index contributed by atoms with van der Waals surface area (Å²) in [4.78, 5) is 14.0. The molecule has 18 saturated heterocycles. The summed E-state index contributed by atoms with van der Waals surface area (Å²) in [5.41, 5.74) is 4.50. The molecule has 20 aliphatic rings. The van der Waals surface area contributed by atoms with E-state index in [1.165, 1.54) is 0 Å². The summed E-state index contributed by atoms with van der Waals surface area (Å²) < 4.78 is 70.1. The summed E-state index contributed by atoms with van der Waals surface area (Å²) in [5, 5.41) is 238. The molecule has 2 aromatic rings. The summed E-state index contributed by atoms with van der Waals surface area (Å²) in [7, 11) is 1.64. The van der Waals surface area contributed by atoms with Crippen molar-refractivity contribution in [3.63, 3.8) is 0 Å². The second-order valence-electron chi connectivity index (χ2n) is 31.1. The number of carbonyl (C=O) groups is 1. The second kappa shape index (κ2) is 35.8. The molecule has 22 rings (SSSR count). The van der Waals surface area contributed by atoms with Gasteiger partial charge in [-0.05, 0) is 86.4 Å². The molecule has 35 atom stereocenters. The second-order valence-corrected chi connectivity index (χ2v) is 31.1. The van der Waals surface area contributed by atoms with Crippen molar-refractivity contribution in [2.75, 3.05) is 79.7 Å². The van der Waals surface area contributed by atoms with Crippen molar-refractivity contribution < 1.29 is 164 Å². The molecular weight excluding hydrogens is 1440 g/mol. The number of rotatable bonds is 18. The molecule has 1 aliphatic carbocycles. The zero-order valence-electron chi connectivity index (χ0n) is 61.1. The van der Waals surface area contributed by atoms with E-state index in [9.17, 15) is 107 Å².